The Morgan fingerprint density at radius 1 is 1.26 bits per heavy atom. The van der Waals surface area contributed by atoms with E-state index in [9.17, 15) is 9.90 Å². The molecule has 0 unspecified atom stereocenters. The maximum absolute atomic E-state index is 12.7. The molecule has 1 fully saturated rings. The average Bonchev–Trinajstić information content (AvgIpc) is 3.01. The topological polar surface area (TPSA) is 93.2 Å². The minimum atomic E-state index is -0.822. The number of nitrogens with two attached hydrogens (primary N) is 1. The lowest BCUT2D eigenvalue weighted by molar-refractivity contribution is 0.0246. The average molecular weight is 391 g/mol. The molecule has 0 atom stereocenters. The molecule has 0 spiro atoms. The van der Waals surface area contributed by atoms with Gasteiger partial charge in [0.15, 0.2) is 0 Å². The Kier molecular flexibility index (Phi) is 6.52. The Balaban J connectivity index is 1.72. The summed E-state index contributed by atoms with van der Waals surface area (Å²) in [5.41, 5.74) is 6.70. The zero-order valence-electron chi connectivity index (χ0n) is 15.5. The molecule has 4 N–H and O–H groups in total. The van der Waals surface area contributed by atoms with Gasteiger partial charge in [-0.2, -0.15) is 5.10 Å². The van der Waals surface area contributed by atoms with Crippen LogP contribution in [0, 0.1) is 0 Å². The van der Waals surface area contributed by atoms with Gasteiger partial charge in [-0.15, -0.1) is 0 Å². The fourth-order valence-corrected chi connectivity index (χ4v) is 3.74. The van der Waals surface area contributed by atoms with Gasteiger partial charge in [-0.1, -0.05) is 43.4 Å². The van der Waals surface area contributed by atoms with Gasteiger partial charge in [-0.05, 0) is 31.0 Å². The van der Waals surface area contributed by atoms with Crippen molar-refractivity contribution in [1.29, 1.82) is 0 Å². The third-order valence-corrected chi connectivity index (χ3v) is 5.45. The van der Waals surface area contributed by atoms with Crippen LogP contribution in [0.15, 0.2) is 30.5 Å². The van der Waals surface area contributed by atoms with Crippen LogP contribution in [0.1, 0.15) is 48.9 Å². The molecule has 0 bridgehead atoms. The minimum Gasteiger partial charge on any atom is -0.388 e. The Morgan fingerprint density at radius 2 is 2.00 bits per heavy atom. The quantitative estimate of drug-likeness (QED) is 0.661. The minimum absolute atomic E-state index is 0.248. The number of hydrogen-bond acceptors (Lipinski definition) is 4. The first-order valence-corrected chi connectivity index (χ1v) is 9.93. The molecule has 1 aliphatic rings. The van der Waals surface area contributed by atoms with Crippen LogP contribution in [0.3, 0.4) is 0 Å². The summed E-state index contributed by atoms with van der Waals surface area (Å²) in [5, 5.41) is 18.4. The van der Waals surface area contributed by atoms with E-state index in [1.54, 1.807) is 16.8 Å². The molecule has 1 aromatic heterocycles. The van der Waals surface area contributed by atoms with Crippen molar-refractivity contribution in [2.45, 2.75) is 50.7 Å². The Labute approximate surface area is 164 Å². The fraction of sp³-hybridized carbons (Fsp3) is 0.500. The SMILES string of the molecule is NCCn1ccc(-c2ccc(Cl)c(C(=O)NCC3(O)CCCCCC3)c2)n1. The summed E-state index contributed by atoms with van der Waals surface area (Å²) in [6.07, 6.45) is 7.57. The Bertz CT molecular complexity index is 782. The first-order chi connectivity index (χ1) is 13.0. The smallest absolute Gasteiger partial charge is 0.252 e. The maximum atomic E-state index is 12.7. The van der Waals surface area contributed by atoms with Crippen molar-refractivity contribution >= 4 is 17.5 Å². The molecule has 0 saturated heterocycles. The standard InChI is InChI=1S/C20H27ClN4O2/c21-17-6-5-15(18-7-11-25(24-18)12-10-22)13-16(17)19(26)23-14-20(27)8-3-1-2-4-9-20/h5-7,11,13,27H,1-4,8-10,12,14,22H2,(H,23,26). The molecule has 6 nitrogen and oxygen atoms in total. The summed E-state index contributed by atoms with van der Waals surface area (Å²) in [4.78, 5) is 12.7. The molecule has 1 heterocycles. The summed E-state index contributed by atoms with van der Waals surface area (Å²) >= 11 is 6.25. The number of hydrogen-bond donors (Lipinski definition) is 3. The zero-order chi connectivity index (χ0) is 19.3. The number of rotatable bonds is 6. The molecule has 1 aromatic carbocycles. The summed E-state index contributed by atoms with van der Waals surface area (Å²) < 4.78 is 1.77. The van der Waals surface area contributed by atoms with Crippen LogP contribution < -0.4 is 11.1 Å². The molecule has 0 aliphatic heterocycles. The van der Waals surface area contributed by atoms with Crippen molar-refractivity contribution in [3.8, 4) is 11.3 Å². The second-order valence-electron chi connectivity index (χ2n) is 7.27. The first kappa shape index (κ1) is 19.9. The molecule has 2 aromatic rings. The van der Waals surface area contributed by atoms with Crippen LogP contribution >= 0.6 is 11.6 Å². The van der Waals surface area contributed by atoms with Crippen LogP contribution in [0.5, 0.6) is 0 Å². The number of nitrogens with zero attached hydrogens (tertiary/aromatic N) is 2. The van der Waals surface area contributed by atoms with Crippen molar-refractivity contribution in [3.63, 3.8) is 0 Å². The Hall–Kier alpha value is -1.89. The fourth-order valence-electron chi connectivity index (χ4n) is 3.53. The van der Waals surface area contributed by atoms with Crippen molar-refractivity contribution in [2.24, 2.45) is 5.73 Å². The number of carbonyl (C=O) groups excluding carboxylic acids is 1. The lowest BCUT2D eigenvalue weighted by Crippen LogP contribution is -2.42. The van der Waals surface area contributed by atoms with Crippen LogP contribution in [0.4, 0.5) is 0 Å². The highest BCUT2D eigenvalue weighted by Gasteiger charge is 2.28. The van der Waals surface area contributed by atoms with E-state index >= 15 is 0 Å². The summed E-state index contributed by atoms with van der Waals surface area (Å²) in [7, 11) is 0. The second kappa shape index (κ2) is 8.87. The van der Waals surface area contributed by atoms with Gasteiger partial charge in [0, 0.05) is 24.8 Å². The number of aromatic nitrogens is 2. The van der Waals surface area contributed by atoms with Crippen molar-refractivity contribution in [2.75, 3.05) is 13.1 Å². The second-order valence-corrected chi connectivity index (χ2v) is 7.68. The lowest BCUT2D eigenvalue weighted by Gasteiger charge is -2.26. The third-order valence-electron chi connectivity index (χ3n) is 5.12. The van der Waals surface area contributed by atoms with E-state index in [1.807, 2.05) is 18.3 Å². The third kappa shape index (κ3) is 5.09. The van der Waals surface area contributed by atoms with Crippen LogP contribution in [-0.4, -0.2) is 39.5 Å². The molecule has 1 aliphatic carbocycles. The van der Waals surface area contributed by atoms with Gasteiger partial charge in [0.2, 0.25) is 0 Å². The molecular weight excluding hydrogens is 364 g/mol. The van der Waals surface area contributed by atoms with E-state index in [0.29, 0.717) is 23.7 Å². The number of benzene rings is 1. The molecule has 1 amide bonds. The van der Waals surface area contributed by atoms with E-state index in [2.05, 4.69) is 10.4 Å². The van der Waals surface area contributed by atoms with Gasteiger partial charge in [-0.25, -0.2) is 0 Å². The number of nitrogens with one attached hydrogen (secondary N) is 1. The van der Waals surface area contributed by atoms with Crippen molar-refractivity contribution < 1.29 is 9.90 Å². The normalized spacial score (nSPS) is 16.7. The highest BCUT2D eigenvalue weighted by molar-refractivity contribution is 6.34. The summed E-state index contributed by atoms with van der Waals surface area (Å²) in [6, 6.07) is 7.17. The molecule has 1 saturated carbocycles. The van der Waals surface area contributed by atoms with Crippen molar-refractivity contribution in [1.82, 2.24) is 15.1 Å². The van der Waals surface area contributed by atoms with Gasteiger partial charge < -0.3 is 16.2 Å². The zero-order valence-corrected chi connectivity index (χ0v) is 16.2. The number of aliphatic hydroxyl groups is 1. The molecule has 0 radical (unpaired) electrons. The number of amides is 1. The predicted octanol–water partition coefficient (Wildman–Crippen LogP) is 2.98. The summed E-state index contributed by atoms with van der Waals surface area (Å²) in [5.74, 6) is -0.277. The van der Waals surface area contributed by atoms with E-state index < -0.39 is 5.60 Å². The van der Waals surface area contributed by atoms with Crippen LogP contribution in [0.25, 0.3) is 11.3 Å². The molecule has 7 heteroatoms. The van der Waals surface area contributed by atoms with Crippen LogP contribution in [-0.2, 0) is 6.54 Å². The van der Waals surface area contributed by atoms with Gasteiger partial charge in [0.25, 0.3) is 5.91 Å². The number of carbonyl (C=O) groups is 1. The molecule has 27 heavy (non-hydrogen) atoms. The highest BCUT2D eigenvalue weighted by Crippen LogP contribution is 2.27. The van der Waals surface area contributed by atoms with E-state index in [1.165, 1.54) is 0 Å². The van der Waals surface area contributed by atoms with Crippen LogP contribution in [0.2, 0.25) is 5.02 Å². The number of halogens is 1. The summed E-state index contributed by atoms with van der Waals surface area (Å²) in [6.45, 7) is 1.40. The molecular formula is C20H27ClN4O2. The monoisotopic (exact) mass is 390 g/mol. The largest absolute Gasteiger partial charge is 0.388 e. The maximum Gasteiger partial charge on any atom is 0.252 e. The lowest BCUT2D eigenvalue weighted by atomic mass is 9.94. The highest BCUT2D eigenvalue weighted by atomic mass is 35.5. The van der Waals surface area contributed by atoms with E-state index in [4.69, 9.17) is 17.3 Å². The van der Waals surface area contributed by atoms with Crippen molar-refractivity contribution in [3.05, 3.63) is 41.0 Å². The van der Waals surface area contributed by atoms with E-state index in [-0.39, 0.29) is 12.5 Å². The molecule has 3 rings (SSSR count). The van der Waals surface area contributed by atoms with Gasteiger partial charge in [0.1, 0.15) is 0 Å². The predicted molar refractivity (Wildman–Crippen MR) is 107 cm³/mol. The first-order valence-electron chi connectivity index (χ1n) is 9.55. The molecule has 146 valence electrons. The van der Waals surface area contributed by atoms with Gasteiger partial charge in [0.05, 0.1) is 28.4 Å². The van der Waals surface area contributed by atoms with Gasteiger partial charge in [-0.3, -0.25) is 9.48 Å². The van der Waals surface area contributed by atoms with E-state index in [0.717, 1.165) is 49.8 Å². The van der Waals surface area contributed by atoms with Gasteiger partial charge >= 0.3 is 0 Å². The Morgan fingerprint density at radius 3 is 2.70 bits per heavy atom.